The SMILES string of the molecule is CNCc1csc(S(=O)(=O)N(C)C(C)c2cccs2)c1. The van der Waals surface area contributed by atoms with Gasteiger partial charge in [-0.25, -0.2) is 8.42 Å². The lowest BCUT2D eigenvalue weighted by molar-refractivity contribution is 0.404. The fourth-order valence-electron chi connectivity index (χ4n) is 1.84. The van der Waals surface area contributed by atoms with E-state index in [1.807, 2.05) is 36.9 Å². The molecule has 0 saturated heterocycles. The first-order valence-corrected chi connectivity index (χ1v) is 9.40. The van der Waals surface area contributed by atoms with Crippen LogP contribution in [0.2, 0.25) is 0 Å². The van der Waals surface area contributed by atoms with Crippen LogP contribution in [-0.4, -0.2) is 26.8 Å². The largest absolute Gasteiger partial charge is 0.316 e. The van der Waals surface area contributed by atoms with E-state index in [0.717, 1.165) is 10.4 Å². The van der Waals surface area contributed by atoms with E-state index in [9.17, 15) is 8.42 Å². The van der Waals surface area contributed by atoms with Gasteiger partial charge in [-0.1, -0.05) is 6.07 Å². The number of sulfonamides is 1. The molecule has 0 bridgehead atoms. The summed E-state index contributed by atoms with van der Waals surface area (Å²) >= 11 is 2.84. The molecular formula is C13H18N2O2S3. The highest BCUT2D eigenvalue weighted by Gasteiger charge is 2.28. The fourth-order valence-corrected chi connectivity index (χ4v) is 5.47. The molecule has 2 heterocycles. The van der Waals surface area contributed by atoms with Crippen molar-refractivity contribution in [3.05, 3.63) is 39.4 Å². The van der Waals surface area contributed by atoms with Gasteiger partial charge >= 0.3 is 0 Å². The van der Waals surface area contributed by atoms with Crippen molar-refractivity contribution in [1.29, 1.82) is 0 Å². The number of rotatable bonds is 6. The molecule has 1 N–H and O–H groups in total. The van der Waals surface area contributed by atoms with Crippen LogP contribution in [0.4, 0.5) is 0 Å². The molecule has 2 rings (SSSR count). The molecule has 4 nitrogen and oxygen atoms in total. The summed E-state index contributed by atoms with van der Waals surface area (Å²) in [6.45, 7) is 2.59. The highest BCUT2D eigenvalue weighted by molar-refractivity contribution is 7.91. The van der Waals surface area contributed by atoms with Crippen LogP contribution in [0.25, 0.3) is 0 Å². The molecule has 0 spiro atoms. The van der Waals surface area contributed by atoms with Gasteiger partial charge in [0.15, 0.2) is 0 Å². The van der Waals surface area contributed by atoms with E-state index in [1.54, 1.807) is 24.5 Å². The van der Waals surface area contributed by atoms with Crippen LogP contribution in [0.1, 0.15) is 23.4 Å². The van der Waals surface area contributed by atoms with Crippen molar-refractivity contribution in [1.82, 2.24) is 9.62 Å². The molecule has 2 aromatic rings. The Balaban J connectivity index is 2.24. The zero-order chi connectivity index (χ0) is 14.8. The second kappa shape index (κ2) is 6.36. The van der Waals surface area contributed by atoms with Crippen molar-refractivity contribution in [2.75, 3.05) is 14.1 Å². The van der Waals surface area contributed by atoms with Gasteiger partial charge in [0.05, 0.1) is 6.04 Å². The van der Waals surface area contributed by atoms with E-state index >= 15 is 0 Å². The molecule has 7 heteroatoms. The zero-order valence-corrected chi connectivity index (χ0v) is 14.1. The molecular weight excluding hydrogens is 312 g/mol. The molecule has 1 atom stereocenters. The van der Waals surface area contributed by atoms with Crippen LogP contribution >= 0.6 is 22.7 Å². The van der Waals surface area contributed by atoms with E-state index in [2.05, 4.69) is 5.32 Å². The average molecular weight is 330 g/mol. The molecule has 0 aliphatic carbocycles. The normalized spacial score (nSPS) is 13.8. The maximum absolute atomic E-state index is 12.6. The van der Waals surface area contributed by atoms with Gasteiger partial charge in [0, 0.05) is 18.5 Å². The molecule has 20 heavy (non-hydrogen) atoms. The molecule has 0 fully saturated rings. The summed E-state index contributed by atoms with van der Waals surface area (Å²) < 4.78 is 27.0. The minimum absolute atomic E-state index is 0.158. The number of nitrogens with zero attached hydrogens (tertiary/aromatic N) is 1. The summed E-state index contributed by atoms with van der Waals surface area (Å²) in [6.07, 6.45) is 0. The molecule has 1 unspecified atom stereocenters. The molecule has 0 aromatic carbocycles. The first-order valence-electron chi connectivity index (χ1n) is 6.20. The quantitative estimate of drug-likeness (QED) is 0.886. The van der Waals surface area contributed by atoms with Crippen molar-refractivity contribution < 1.29 is 8.42 Å². The van der Waals surface area contributed by atoms with Gasteiger partial charge in [0.25, 0.3) is 10.0 Å². The summed E-state index contributed by atoms with van der Waals surface area (Å²) in [5.74, 6) is 0. The van der Waals surface area contributed by atoms with Gasteiger partial charge in [-0.05, 0) is 42.4 Å². The Hall–Kier alpha value is -0.730. The Morgan fingerprint density at radius 3 is 2.75 bits per heavy atom. The van der Waals surface area contributed by atoms with Crippen LogP contribution < -0.4 is 5.32 Å². The molecule has 0 aliphatic heterocycles. The number of hydrogen-bond acceptors (Lipinski definition) is 5. The third kappa shape index (κ3) is 3.12. The monoisotopic (exact) mass is 330 g/mol. The predicted octanol–water partition coefficient (Wildman–Crippen LogP) is 2.91. The van der Waals surface area contributed by atoms with Crippen molar-refractivity contribution >= 4 is 32.7 Å². The van der Waals surface area contributed by atoms with Crippen molar-refractivity contribution in [3.63, 3.8) is 0 Å². The Kier molecular flexibility index (Phi) is 4.98. The lowest BCUT2D eigenvalue weighted by Gasteiger charge is -2.22. The second-order valence-corrected chi connectivity index (χ2v) is 8.63. The molecule has 0 aliphatic rings. The predicted molar refractivity (Wildman–Crippen MR) is 84.8 cm³/mol. The Bertz CT molecular complexity index is 647. The van der Waals surface area contributed by atoms with E-state index in [-0.39, 0.29) is 6.04 Å². The fraction of sp³-hybridized carbons (Fsp3) is 0.385. The molecule has 0 radical (unpaired) electrons. The number of nitrogens with one attached hydrogen (secondary N) is 1. The zero-order valence-electron chi connectivity index (χ0n) is 11.7. The first kappa shape index (κ1) is 15.7. The van der Waals surface area contributed by atoms with Crippen LogP contribution in [0.15, 0.2) is 33.2 Å². The highest BCUT2D eigenvalue weighted by Crippen LogP contribution is 2.31. The molecule has 0 amide bonds. The Labute approximate surface area is 128 Å². The third-order valence-corrected chi connectivity index (χ3v) is 7.58. The Morgan fingerprint density at radius 2 is 2.15 bits per heavy atom. The van der Waals surface area contributed by atoms with Crippen LogP contribution in [0.5, 0.6) is 0 Å². The maximum Gasteiger partial charge on any atom is 0.252 e. The van der Waals surface area contributed by atoms with Crippen molar-refractivity contribution in [3.8, 4) is 0 Å². The number of hydrogen-bond donors (Lipinski definition) is 1. The smallest absolute Gasteiger partial charge is 0.252 e. The van der Waals surface area contributed by atoms with Crippen LogP contribution in [0, 0.1) is 0 Å². The van der Waals surface area contributed by atoms with Gasteiger partial charge in [-0.2, -0.15) is 4.31 Å². The van der Waals surface area contributed by atoms with Crippen LogP contribution in [-0.2, 0) is 16.6 Å². The minimum Gasteiger partial charge on any atom is -0.316 e. The third-order valence-electron chi connectivity index (χ3n) is 3.14. The standard InChI is InChI=1S/C13H18N2O2S3/c1-10(12-5-4-6-18-12)15(3)20(16,17)13-7-11(8-14-2)9-19-13/h4-7,9-10,14H,8H2,1-3H3. The van der Waals surface area contributed by atoms with Gasteiger partial charge in [-0.15, -0.1) is 22.7 Å². The molecule has 110 valence electrons. The van der Waals surface area contributed by atoms with Gasteiger partial charge in [0.2, 0.25) is 0 Å². The van der Waals surface area contributed by atoms with Gasteiger partial charge in [-0.3, -0.25) is 0 Å². The lowest BCUT2D eigenvalue weighted by atomic mass is 10.3. The van der Waals surface area contributed by atoms with Crippen LogP contribution in [0.3, 0.4) is 0 Å². The molecule has 0 saturated carbocycles. The lowest BCUT2D eigenvalue weighted by Crippen LogP contribution is -2.28. The van der Waals surface area contributed by atoms with E-state index in [1.165, 1.54) is 15.6 Å². The van der Waals surface area contributed by atoms with Gasteiger partial charge < -0.3 is 5.32 Å². The highest BCUT2D eigenvalue weighted by atomic mass is 32.2. The second-order valence-electron chi connectivity index (χ2n) is 4.52. The summed E-state index contributed by atoms with van der Waals surface area (Å²) in [7, 11) is 0.0492. The van der Waals surface area contributed by atoms with Gasteiger partial charge in [0.1, 0.15) is 4.21 Å². The molecule has 2 aromatic heterocycles. The summed E-state index contributed by atoms with van der Waals surface area (Å²) in [4.78, 5) is 1.04. The summed E-state index contributed by atoms with van der Waals surface area (Å²) in [6, 6.07) is 5.48. The topological polar surface area (TPSA) is 49.4 Å². The average Bonchev–Trinajstić information content (AvgIpc) is 3.08. The summed E-state index contributed by atoms with van der Waals surface area (Å²) in [5.41, 5.74) is 0.994. The minimum atomic E-state index is -3.43. The van der Waals surface area contributed by atoms with Crippen molar-refractivity contribution in [2.24, 2.45) is 0 Å². The van der Waals surface area contributed by atoms with Crippen molar-refractivity contribution in [2.45, 2.75) is 23.7 Å². The van der Waals surface area contributed by atoms with E-state index < -0.39 is 10.0 Å². The van der Waals surface area contributed by atoms with E-state index in [0.29, 0.717) is 10.8 Å². The van der Waals surface area contributed by atoms with E-state index in [4.69, 9.17) is 0 Å². The number of thiophene rings is 2. The Morgan fingerprint density at radius 1 is 1.40 bits per heavy atom. The summed E-state index contributed by atoms with van der Waals surface area (Å²) in [5, 5.41) is 6.87. The maximum atomic E-state index is 12.6. The first-order chi connectivity index (χ1) is 9.46.